The largest absolute Gasteiger partial charge is 0.470 e. The molecule has 4 heteroatoms. The summed E-state index contributed by atoms with van der Waals surface area (Å²) < 4.78 is 5.67. The maximum atomic E-state index is 10.2. The quantitative estimate of drug-likeness (QED) is 0.173. The number of allylic oxidation sites excluding steroid dienone is 3. The summed E-state index contributed by atoms with van der Waals surface area (Å²) in [4.78, 5) is 0. The Balaban J connectivity index is 0. The van der Waals surface area contributed by atoms with Crippen molar-refractivity contribution in [2.24, 2.45) is 5.92 Å². The average molecular weight is 581 g/mol. The molecule has 0 amide bonds. The molecule has 0 aromatic heterocycles. The fourth-order valence-electron chi connectivity index (χ4n) is 3.59. The third-order valence-electron chi connectivity index (χ3n) is 6.55. The fourth-order valence-corrected chi connectivity index (χ4v) is 3.59. The first-order valence-corrected chi connectivity index (χ1v) is 15.3. The zero-order valence-corrected chi connectivity index (χ0v) is 27.9. The minimum Gasteiger partial charge on any atom is -0.470 e. The van der Waals surface area contributed by atoms with Gasteiger partial charge >= 0.3 is 0 Å². The molecule has 2 aromatic carbocycles. The van der Waals surface area contributed by atoms with Crippen molar-refractivity contribution in [3.8, 4) is 11.1 Å². The van der Waals surface area contributed by atoms with Gasteiger partial charge in [0, 0.05) is 12.5 Å². The van der Waals surface area contributed by atoms with Gasteiger partial charge in [0.25, 0.3) is 0 Å². The standard InChI is InChI=1S/C27H34O2.C5H10O.C4H10.C2H6O/c1-6-17-29-21(5)18-27(22(7-2)19-26(28)8-3)25-15-13-24(14-16-25)23-11-9-20(4)10-12-23;1-4(2)5(3)6;1-3-4-2;1-2-3/h6,8-18,22,26-28H,3,7,19H2,1-2,4-5H3;5-6H,1H2,2-3H3;3-4H2,1-2H3;3H,2H2,1H3/b17-6+,21-18+;;;. The van der Waals surface area contributed by atoms with Crippen LogP contribution in [-0.4, -0.2) is 34.1 Å². The van der Waals surface area contributed by atoms with Crippen LogP contribution in [0.15, 0.2) is 97.5 Å². The first-order chi connectivity index (χ1) is 19.9. The first kappa shape index (κ1) is 41.2. The fraction of sp³-hybridized carbons (Fsp3) is 0.474. The number of unbranched alkanes of at least 4 members (excludes halogenated alkanes) is 1. The lowest BCUT2D eigenvalue weighted by Crippen LogP contribution is -2.17. The van der Waals surface area contributed by atoms with E-state index in [1.165, 1.54) is 35.1 Å². The lowest BCUT2D eigenvalue weighted by atomic mass is 9.80. The van der Waals surface area contributed by atoms with Gasteiger partial charge in [-0.15, -0.1) is 6.58 Å². The van der Waals surface area contributed by atoms with E-state index in [9.17, 15) is 5.11 Å². The topological polar surface area (TPSA) is 69.9 Å². The Morgan fingerprint density at radius 1 is 0.905 bits per heavy atom. The molecule has 0 aliphatic heterocycles. The van der Waals surface area contributed by atoms with Crippen LogP contribution in [-0.2, 0) is 4.74 Å². The summed E-state index contributed by atoms with van der Waals surface area (Å²) in [6, 6.07) is 17.4. The second kappa shape index (κ2) is 25.8. The van der Waals surface area contributed by atoms with Crippen molar-refractivity contribution in [2.45, 2.75) is 106 Å². The Labute approximate surface area is 258 Å². The maximum absolute atomic E-state index is 10.2. The molecule has 0 saturated heterocycles. The predicted octanol–water partition coefficient (Wildman–Crippen LogP) is 9.91. The highest BCUT2D eigenvalue weighted by Gasteiger charge is 2.22. The van der Waals surface area contributed by atoms with Crippen molar-refractivity contribution < 1.29 is 20.1 Å². The second-order valence-electron chi connectivity index (χ2n) is 10.4. The molecular weight excluding hydrogens is 520 g/mol. The summed E-state index contributed by atoms with van der Waals surface area (Å²) in [6.45, 7) is 25.2. The molecule has 0 aliphatic rings. The number of aryl methyl sites for hydroxylation is 1. The Hall–Kier alpha value is -2.92. The van der Waals surface area contributed by atoms with Crippen LogP contribution in [0.25, 0.3) is 11.1 Å². The summed E-state index contributed by atoms with van der Waals surface area (Å²) in [5, 5.41) is 26.3. The van der Waals surface area contributed by atoms with Gasteiger partial charge in [0.1, 0.15) is 0 Å². The van der Waals surface area contributed by atoms with Gasteiger partial charge in [-0.05, 0) is 76.6 Å². The molecule has 0 radical (unpaired) electrons. The number of hydrogen-bond acceptors (Lipinski definition) is 4. The van der Waals surface area contributed by atoms with E-state index in [-0.39, 0.29) is 24.5 Å². The molecule has 236 valence electrons. The third kappa shape index (κ3) is 19.2. The number of aliphatic hydroxyl groups excluding tert-OH is 3. The van der Waals surface area contributed by atoms with E-state index in [2.05, 4.69) is 95.5 Å². The lowest BCUT2D eigenvalue weighted by Gasteiger charge is -2.26. The first-order valence-electron chi connectivity index (χ1n) is 15.3. The predicted molar refractivity (Wildman–Crippen MR) is 183 cm³/mol. The Morgan fingerprint density at radius 3 is 1.71 bits per heavy atom. The van der Waals surface area contributed by atoms with Gasteiger partial charge < -0.3 is 20.1 Å². The molecule has 0 saturated carbocycles. The number of benzene rings is 2. The van der Waals surface area contributed by atoms with Crippen LogP contribution in [0.5, 0.6) is 0 Å². The molecule has 3 N–H and O–H groups in total. The summed E-state index contributed by atoms with van der Waals surface area (Å²) in [6.07, 6.45) is 10.8. The monoisotopic (exact) mass is 580 g/mol. The normalized spacial score (nSPS) is 13.6. The summed E-state index contributed by atoms with van der Waals surface area (Å²) in [7, 11) is 0. The van der Waals surface area contributed by atoms with Crippen LogP contribution in [0.2, 0.25) is 0 Å². The van der Waals surface area contributed by atoms with Crippen molar-refractivity contribution in [2.75, 3.05) is 6.61 Å². The molecule has 4 unspecified atom stereocenters. The Morgan fingerprint density at radius 2 is 1.36 bits per heavy atom. The third-order valence-corrected chi connectivity index (χ3v) is 6.55. The molecule has 0 heterocycles. The highest BCUT2D eigenvalue weighted by Crippen LogP contribution is 2.34. The molecule has 0 bridgehead atoms. The van der Waals surface area contributed by atoms with Crippen molar-refractivity contribution in [3.05, 3.63) is 109 Å². The molecule has 2 aromatic rings. The number of ether oxygens (including phenoxy) is 1. The van der Waals surface area contributed by atoms with E-state index >= 15 is 0 Å². The van der Waals surface area contributed by atoms with E-state index in [1.54, 1.807) is 33.1 Å². The van der Waals surface area contributed by atoms with Crippen molar-refractivity contribution in [3.63, 3.8) is 0 Å². The molecule has 42 heavy (non-hydrogen) atoms. The van der Waals surface area contributed by atoms with Crippen LogP contribution in [0.4, 0.5) is 0 Å². The van der Waals surface area contributed by atoms with E-state index in [0.29, 0.717) is 6.42 Å². The summed E-state index contributed by atoms with van der Waals surface area (Å²) in [5.41, 5.74) is 5.73. The van der Waals surface area contributed by atoms with Crippen molar-refractivity contribution >= 4 is 0 Å². The van der Waals surface area contributed by atoms with Crippen LogP contribution in [0.1, 0.15) is 98.1 Å². The van der Waals surface area contributed by atoms with Gasteiger partial charge in [-0.3, -0.25) is 0 Å². The van der Waals surface area contributed by atoms with Gasteiger partial charge in [0.05, 0.1) is 24.2 Å². The van der Waals surface area contributed by atoms with Gasteiger partial charge in [-0.1, -0.05) is 118 Å². The Kier molecular flexibility index (Phi) is 25.3. The van der Waals surface area contributed by atoms with Gasteiger partial charge in [0.2, 0.25) is 0 Å². The smallest absolute Gasteiger partial charge is 0.0967 e. The van der Waals surface area contributed by atoms with Crippen LogP contribution >= 0.6 is 0 Å². The number of aliphatic hydroxyl groups is 3. The van der Waals surface area contributed by atoms with E-state index in [4.69, 9.17) is 14.9 Å². The molecule has 2 rings (SSSR count). The molecule has 0 fully saturated rings. The van der Waals surface area contributed by atoms with Crippen molar-refractivity contribution in [1.29, 1.82) is 0 Å². The SMILES string of the molecule is C=C(C)C(C)O.C=CC(O)CC(CC)C(/C=C(\C)O/C=C/C)c1ccc(-c2ccc(C)cc2)cc1.CCCC.CCO. The Bertz CT molecular complexity index is 998. The maximum Gasteiger partial charge on any atom is 0.0967 e. The lowest BCUT2D eigenvalue weighted by molar-refractivity contribution is 0.179. The minimum absolute atomic E-state index is 0.159. The zero-order valence-electron chi connectivity index (χ0n) is 27.9. The van der Waals surface area contributed by atoms with Crippen molar-refractivity contribution in [1.82, 2.24) is 0 Å². The molecule has 0 spiro atoms. The average Bonchev–Trinajstić information content (AvgIpc) is 2.99. The number of hydrogen-bond donors (Lipinski definition) is 3. The second-order valence-corrected chi connectivity index (χ2v) is 10.4. The number of rotatable bonds is 12. The molecule has 4 atom stereocenters. The zero-order chi connectivity index (χ0) is 32.5. The molecule has 4 nitrogen and oxygen atoms in total. The summed E-state index contributed by atoms with van der Waals surface area (Å²) >= 11 is 0. The van der Waals surface area contributed by atoms with E-state index in [1.807, 2.05) is 19.9 Å². The highest BCUT2D eigenvalue weighted by atomic mass is 16.5. The van der Waals surface area contributed by atoms with Crippen LogP contribution < -0.4 is 0 Å². The minimum atomic E-state index is -0.501. The van der Waals surface area contributed by atoms with Crippen LogP contribution in [0, 0.1) is 12.8 Å². The highest BCUT2D eigenvalue weighted by molar-refractivity contribution is 5.64. The van der Waals surface area contributed by atoms with Gasteiger partial charge in [0.15, 0.2) is 0 Å². The molecule has 0 aliphatic carbocycles. The van der Waals surface area contributed by atoms with Crippen LogP contribution in [0.3, 0.4) is 0 Å². The summed E-state index contributed by atoms with van der Waals surface area (Å²) in [5.74, 6) is 1.31. The van der Waals surface area contributed by atoms with E-state index in [0.717, 1.165) is 17.8 Å². The van der Waals surface area contributed by atoms with Gasteiger partial charge in [-0.2, -0.15) is 0 Å². The van der Waals surface area contributed by atoms with E-state index < -0.39 is 6.10 Å². The molecular formula is C38H60O4. The van der Waals surface area contributed by atoms with Gasteiger partial charge in [-0.25, -0.2) is 0 Å².